The molecule has 286 valence electrons. The largest absolute Gasteiger partial charge is 0.489 e. The second-order valence-electron chi connectivity index (χ2n) is 11.8. The minimum absolute atomic E-state index is 0.0164. The van der Waals surface area contributed by atoms with Crippen LogP contribution in [0.3, 0.4) is 0 Å². The van der Waals surface area contributed by atoms with Gasteiger partial charge in [0.2, 0.25) is 5.91 Å². The number of alkyl halides is 4. The third-order valence-electron chi connectivity index (χ3n) is 8.12. The molecule has 1 unspecified atom stereocenters. The van der Waals surface area contributed by atoms with Gasteiger partial charge in [0, 0.05) is 38.0 Å². The molecule has 0 saturated carbocycles. The number of methoxy groups -OCH3 is 2. The average Bonchev–Trinajstić information content (AvgIpc) is 3.13. The lowest BCUT2D eigenvalue weighted by atomic mass is 10.1. The van der Waals surface area contributed by atoms with Gasteiger partial charge < -0.3 is 23.8 Å². The van der Waals surface area contributed by atoms with Crippen molar-refractivity contribution in [3.8, 4) is 17.2 Å². The minimum atomic E-state index is -4.84. The molecule has 0 spiro atoms. The van der Waals surface area contributed by atoms with Gasteiger partial charge in [0.15, 0.2) is 6.10 Å². The summed E-state index contributed by atoms with van der Waals surface area (Å²) in [6, 6.07) is 17.6. The van der Waals surface area contributed by atoms with Crippen LogP contribution in [0.15, 0.2) is 76.3 Å². The van der Waals surface area contributed by atoms with Gasteiger partial charge in [0.05, 0.1) is 19.4 Å². The predicted molar refractivity (Wildman–Crippen MR) is 195 cm³/mol. The van der Waals surface area contributed by atoms with Crippen molar-refractivity contribution >= 4 is 29.2 Å². The maximum absolute atomic E-state index is 13.1. The van der Waals surface area contributed by atoms with E-state index in [1.54, 1.807) is 18.9 Å². The smallest absolute Gasteiger partial charge is 0.431 e. The Kier molecular flexibility index (Phi) is 15.3. The second-order valence-corrected chi connectivity index (χ2v) is 12.1. The fraction of sp³-hybridized carbons (Fsp3) is 0.368. The highest BCUT2D eigenvalue weighted by molar-refractivity contribution is 6.29. The molecule has 1 atom stereocenters. The van der Waals surface area contributed by atoms with Gasteiger partial charge in [-0.1, -0.05) is 37.3 Å². The molecule has 53 heavy (non-hydrogen) atoms. The van der Waals surface area contributed by atoms with Crippen LogP contribution in [0.25, 0.3) is 5.69 Å². The zero-order valence-electron chi connectivity index (χ0n) is 30.6. The van der Waals surface area contributed by atoms with Crippen molar-refractivity contribution in [3.63, 3.8) is 0 Å². The minimum Gasteiger partial charge on any atom is -0.489 e. The number of rotatable bonds is 13. The Morgan fingerprint density at radius 2 is 1.60 bits per heavy atom. The lowest BCUT2D eigenvalue weighted by Crippen LogP contribution is -2.40. The van der Waals surface area contributed by atoms with Gasteiger partial charge in [-0.2, -0.15) is 13.2 Å². The number of amides is 1. The van der Waals surface area contributed by atoms with Crippen LogP contribution in [0, 0.1) is 13.8 Å². The number of ether oxygens (including phenoxy) is 4. The SMILES string of the molecule is CCc1ccc(COc2ccc(-n3c(=O)cc(C(F)(F)F)n(C)c3=O)cc2)c(OC(C)C(=O)OC)c1.COCCN(C(=O)CCl)c1c(C)cccc1C. The normalized spacial score (nSPS) is 11.6. The first-order chi connectivity index (χ1) is 25.1. The van der Waals surface area contributed by atoms with Gasteiger partial charge in [-0.25, -0.2) is 14.2 Å². The molecule has 0 N–H and O–H groups in total. The Bertz CT molecular complexity index is 1970. The number of halogens is 4. The third kappa shape index (κ3) is 11.0. The van der Waals surface area contributed by atoms with Gasteiger partial charge >= 0.3 is 17.8 Å². The van der Waals surface area contributed by atoms with E-state index in [9.17, 15) is 32.3 Å². The van der Waals surface area contributed by atoms with E-state index in [4.69, 9.17) is 30.5 Å². The number of anilines is 1. The molecule has 4 rings (SSSR count). The number of aromatic nitrogens is 2. The van der Waals surface area contributed by atoms with Crippen molar-refractivity contribution in [2.75, 3.05) is 38.2 Å². The van der Waals surface area contributed by atoms with Gasteiger partial charge in [0.25, 0.3) is 5.56 Å². The van der Waals surface area contributed by atoms with E-state index >= 15 is 0 Å². The summed E-state index contributed by atoms with van der Waals surface area (Å²) < 4.78 is 61.5. The number of aryl methyl sites for hydroxylation is 3. The van der Waals surface area contributed by atoms with Crippen LogP contribution in [0.4, 0.5) is 18.9 Å². The van der Waals surface area contributed by atoms with Crippen LogP contribution in [-0.4, -0.2) is 60.4 Å². The summed E-state index contributed by atoms with van der Waals surface area (Å²) in [4.78, 5) is 50.0. The molecule has 1 aromatic heterocycles. The number of benzene rings is 3. The molecule has 0 radical (unpaired) electrons. The quantitative estimate of drug-likeness (QED) is 0.118. The van der Waals surface area contributed by atoms with Crippen LogP contribution in [0.2, 0.25) is 0 Å². The van der Waals surface area contributed by atoms with Crippen LogP contribution in [0.5, 0.6) is 11.5 Å². The lowest BCUT2D eigenvalue weighted by molar-refractivity contribution is -0.148. The highest BCUT2D eigenvalue weighted by Crippen LogP contribution is 2.28. The van der Waals surface area contributed by atoms with E-state index in [2.05, 4.69) is 0 Å². The van der Waals surface area contributed by atoms with Crippen LogP contribution in [0.1, 0.15) is 41.8 Å². The highest BCUT2D eigenvalue weighted by atomic mass is 35.5. The molecule has 0 fully saturated rings. The Balaban J connectivity index is 0.000000372. The molecule has 0 bridgehead atoms. The summed E-state index contributed by atoms with van der Waals surface area (Å²) in [6.07, 6.45) is -4.91. The topological polar surface area (TPSA) is 118 Å². The van der Waals surface area contributed by atoms with Crippen molar-refractivity contribution in [1.82, 2.24) is 9.13 Å². The molecule has 1 amide bonds. The molecular formula is C38H43ClF3N3O8. The van der Waals surface area contributed by atoms with Crippen molar-refractivity contribution in [2.24, 2.45) is 7.05 Å². The summed E-state index contributed by atoms with van der Waals surface area (Å²) >= 11 is 5.65. The predicted octanol–water partition coefficient (Wildman–Crippen LogP) is 6.16. The Morgan fingerprint density at radius 3 is 2.15 bits per heavy atom. The molecule has 15 heteroatoms. The number of carbonyl (C=O) groups excluding carboxylic acids is 2. The molecule has 4 aromatic rings. The summed E-state index contributed by atoms with van der Waals surface area (Å²) in [7, 11) is 3.84. The number of nitrogens with zero attached hydrogens (tertiary/aromatic N) is 3. The first-order valence-corrected chi connectivity index (χ1v) is 17.0. The van der Waals surface area contributed by atoms with Gasteiger partial charge in [-0.3, -0.25) is 14.2 Å². The summed E-state index contributed by atoms with van der Waals surface area (Å²) in [6.45, 7) is 8.63. The van der Waals surface area contributed by atoms with E-state index in [1.165, 1.54) is 31.4 Å². The van der Waals surface area contributed by atoms with Crippen molar-refractivity contribution in [1.29, 1.82) is 0 Å². The molecular weight excluding hydrogens is 719 g/mol. The van der Waals surface area contributed by atoms with E-state index in [0.717, 1.165) is 35.8 Å². The average molecular weight is 762 g/mol. The zero-order valence-corrected chi connectivity index (χ0v) is 31.3. The number of hydrogen-bond acceptors (Lipinski definition) is 8. The molecule has 3 aromatic carbocycles. The molecule has 0 aliphatic carbocycles. The zero-order chi connectivity index (χ0) is 39.5. The maximum atomic E-state index is 13.1. The molecule has 0 saturated heterocycles. The van der Waals surface area contributed by atoms with E-state index in [-0.39, 0.29) is 24.1 Å². The van der Waals surface area contributed by atoms with E-state index in [0.29, 0.717) is 45.4 Å². The highest BCUT2D eigenvalue weighted by Gasteiger charge is 2.35. The van der Waals surface area contributed by atoms with Crippen LogP contribution < -0.4 is 25.6 Å². The van der Waals surface area contributed by atoms with Crippen molar-refractivity contribution in [2.45, 2.75) is 53.0 Å². The lowest BCUT2D eigenvalue weighted by Gasteiger charge is -2.25. The standard InChI is InChI=1S/C25H25F3N2O6.C13H18ClNO2/c1-5-16-6-7-17(20(12-16)36-15(2)23(32)34-4)14-35-19-10-8-18(9-11-19)30-22(31)13-21(25(26,27)28)29(3)24(30)33;1-10-5-4-6-11(2)13(10)15(7-8-17-3)12(16)9-14/h6-13,15H,5,14H2,1-4H3;4-6H,7-9H2,1-3H3. The van der Waals surface area contributed by atoms with Gasteiger partial charge in [-0.15, -0.1) is 11.6 Å². The summed E-state index contributed by atoms with van der Waals surface area (Å²) in [5.74, 6) is 0.202. The second kappa shape index (κ2) is 19.1. The Labute approximate surface area is 310 Å². The van der Waals surface area contributed by atoms with Crippen molar-refractivity contribution in [3.05, 3.63) is 116 Å². The Hall–Kier alpha value is -5.08. The van der Waals surface area contributed by atoms with Crippen LogP contribution >= 0.6 is 11.6 Å². The Morgan fingerprint density at radius 1 is 0.962 bits per heavy atom. The first kappa shape index (κ1) is 42.3. The van der Waals surface area contributed by atoms with Gasteiger partial charge in [-0.05, 0) is 74.2 Å². The number of esters is 1. The molecule has 0 aliphatic rings. The van der Waals surface area contributed by atoms with Crippen LogP contribution in [-0.2, 0) is 45.3 Å². The van der Waals surface area contributed by atoms with Gasteiger partial charge in [0.1, 0.15) is 29.7 Å². The van der Waals surface area contributed by atoms with Crippen molar-refractivity contribution < 1.29 is 41.7 Å². The fourth-order valence-electron chi connectivity index (χ4n) is 5.29. The third-order valence-corrected chi connectivity index (χ3v) is 8.35. The molecule has 1 heterocycles. The van der Waals surface area contributed by atoms with E-state index < -0.39 is 35.2 Å². The summed E-state index contributed by atoms with van der Waals surface area (Å²) in [5, 5.41) is 0. The number of hydrogen-bond donors (Lipinski definition) is 0. The number of para-hydroxylation sites is 1. The molecule has 0 aliphatic heterocycles. The fourth-order valence-corrected chi connectivity index (χ4v) is 5.43. The monoisotopic (exact) mass is 761 g/mol. The first-order valence-electron chi connectivity index (χ1n) is 16.5. The molecule has 11 nitrogen and oxygen atoms in total. The maximum Gasteiger partial charge on any atom is 0.431 e. The van der Waals surface area contributed by atoms with E-state index in [1.807, 2.05) is 57.2 Å². The number of carbonyl (C=O) groups is 2. The summed E-state index contributed by atoms with van der Waals surface area (Å²) in [5.41, 5.74) is 1.28.